The van der Waals surface area contributed by atoms with E-state index in [9.17, 15) is 4.79 Å². The van der Waals surface area contributed by atoms with E-state index in [0.717, 1.165) is 42.4 Å². The molecule has 3 rings (SSSR count). The fourth-order valence-electron chi connectivity index (χ4n) is 2.79. The second kappa shape index (κ2) is 5.21. The predicted molar refractivity (Wildman–Crippen MR) is 82.8 cm³/mol. The highest BCUT2D eigenvalue weighted by atomic mass is 32.1. The van der Waals surface area contributed by atoms with E-state index in [4.69, 9.17) is 12.2 Å². The number of fused-ring (bicyclic) bond motifs is 3. The Morgan fingerprint density at radius 3 is 2.95 bits per heavy atom. The van der Waals surface area contributed by atoms with Crippen molar-refractivity contribution in [2.45, 2.75) is 52.0 Å². The van der Waals surface area contributed by atoms with Crippen LogP contribution in [0.25, 0.3) is 10.2 Å². The van der Waals surface area contributed by atoms with Crippen molar-refractivity contribution in [1.29, 1.82) is 0 Å². The number of hydrogen-bond donors (Lipinski definition) is 1. The summed E-state index contributed by atoms with van der Waals surface area (Å²) in [5.74, 6) is 0. The zero-order valence-electron chi connectivity index (χ0n) is 11.1. The van der Waals surface area contributed by atoms with Gasteiger partial charge in [0.25, 0.3) is 5.56 Å². The van der Waals surface area contributed by atoms with Crippen LogP contribution < -0.4 is 5.56 Å². The lowest BCUT2D eigenvalue weighted by molar-refractivity contribution is 0.600. The summed E-state index contributed by atoms with van der Waals surface area (Å²) in [4.78, 5) is 18.3. The highest BCUT2D eigenvalue weighted by molar-refractivity contribution is 7.71. The van der Waals surface area contributed by atoms with Gasteiger partial charge in [-0.1, -0.05) is 13.3 Å². The lowest BCUT2D eigenvalue weighted by atomic mass is 9.97. The molecular formula is C14H18N2OS2. The molecule has 0 spiro atoms. The average Bonchev–Trinajstić information content (AvgIpc) is 2.76. The molecule has 19 heavy (non-hydrogen) atoms. The first-order valence-electron chi connectivity index (χ1n) is 6.99. The van der Waals surface area contributed by atoms with Crippen LogP contribution in [0.2, 0.25) is 0 Å². The molecule has 0 atom stereocenters. The quantitative estimate of drug-likeness (QED) is 0.874. The van der Waals surface area contributed by atoms with Gasteiger partial charge in [0.1, 0.15) is 4.83 Å². The first-order valence-corrected chi connectivity index (χ1v) is 8.22. The largest absolute Gasteiger partial charge is 0.323 e. The fraction of sp³-hybridized carbons (Fsp3) is 0.571. The molecule has 0 bridgehead atoms. The number of aromatic nitrogens is 2. The maximum Gasteiger partial charge on any atom is 0.263 e. The molecular weight excluding hydrogens is 276 g/mol. The van der Waals surface area contributed by atoms with Crippen LogP contribution in [0.1, 0.15) is 43.0 Å². The number of H-pyrrole nitrogens is 1. The van der Waals surface area contributed by atoms with Gasteiger partial charge in [-0.25, -0.2) is 0 Å². The monoisotopic (exact) mass is 294 g/mol. The van der Waals surface area contributed by atoms with E-state index in [-0.39, 0.29) is 5.56 Å². The molecule has 1 aliphatic carbocycles. The van der Waals surface area contributed by atoms with E-state index in [1.807, 2.05) is 0 Å². The Morgan fingerprint density at radius 2 is 2.16 bits per heavy atom. The lowest BCUT2D eigenvalue weighted by Crippen LogP contribution is -2.22. The van der Waals surface area contributed by atoms with Crippen molar-refractivity contribution in [2.24, 2.45) is 0 Å². The summed E-state index contributed by atoms with van der Waals surface area (Å²) >= 11 is 7.06. The Hall–Kier alpha value is -0.940. The van der Waals surface area contributed by atoms with E-state index in [2.05, 4.69) is 11.9 Å². The van der Waals surface area contributed by atoms with Gasteiger partial charge in [0, 0.05) is 11.4 Å². The van der Waals surface area contributed by atoms with Crippen molar-refractivity contribution >= 4 is 33.8 Å². The second-order valence-corrected chi connectivity index (χ2v) is 6.65. The van der Waals surface area contributed by atoms with Crippen LogP contribution in [0.3, 0.4) is 0 Å². The van der Waals surface area contributed by atoms with Gasteiger partial charge in [-0.05, 0) is 49.9 Å². The number of unbranched alkanes of at least 4 members (excludes halogenated alkanes) is 1. The van der Waals surface area contributed by atoms with Gasteiger partial charge in [0.15, 0.2) is 4.77 Å². The Morgan fingerprint density at radius 1 is 1.37 bits per heavy atom. The summed E-state index contributed by atoms with van der Waals surface area (Å²) in [5.41, 5.74) is 1.40. The Balaban J connectivity index is 2.24. The molecule has 102 valence electrons. The Bertz CT molecular complexity index is 723. The van der Waals surface area contributed by atoms with E-state index in [1.165, 1.54) is 23.3 Å². The molecule has 2 aromatic heterocycles. The number of hydrogen-bond acceptors (Lipinski definition) is 3. The highest BCUT2D eigenvalue weighted by Gasteiger charge is 2.19. The summed E-state index contributed by atoms with van der Waals surface area (Å²) in [6, 6.07) is 0. The van der Waals surface area contributed by atoms with Gasteiger partial charge in [0.2, 0.25) is 0 Å². The molecule has 2 heterocycles. The zero-order valence-corrected chi connectivity index (χ0v) is 12.8. The van der Waals surface area contributed by atoms with E-state index in [0.29, 0.717) is 4.77 Å². The molecule has 0 radical (unpaired) electrons. The summed E-state index contributed by atoms with van der Waals surface area (Å²) in [6.07, 6.45) is 6.66. The van der Waals surface area contributed by atoms with Gasteiger partial charge in [-0.15, -0.1) is 11.3 Å². The molecule has 0 aliphatic heterocycles. The molecule has 3 nitrogen and oxygen atoms in total. The summed E-state index contributed by atoms with van der Waals surface area (Å²) < 4.78 is 2.31. The minimum atomic E-state index is 0.117. The maximum absolute atomic E-state index is 12.7. The van der Waals surface area contributed by atoms with Crippen molar-refractivity contribution < 1.29 is 0 Å². The van der Waals surface area contributed by atoms with Crippen molar-refractivity contribution in [3.05, 3.63) is 25.6 Å². The molecule has 1 aliphatic rings. The molecule has 0 aromatic carbocycles. The van der Waals surface area contributed by atoms with Crippen molar-refractivity contribution in [2.75, 3.05) is 0 Å². The average molecular weight is 294 g/mol. The zero-order chi connectivity index (χ0) is 13.4. The fourth-order valence-corrected chi connectivity index (χ4v) is 4.41. The summed E-state index contributed by atoms with van der Waals surface area (Å²) in [5, 5.41) is 0.907. The molecule has 0 amide bonds. The van der Waals surface area contributed by atoms with Crippen LogP contribution in [-0.4, -0.2) is 9.55 Å². The minimum Gasteiger partial charge on any atom is -0.323 e. The summed E-state index contributed by atoms with van der Waals surface area (Å²) in [7, 11) is 0. The van der Waals surface area contributed by atoms with Crippen LogP contribution in [0.15, 0.2) is 4.79 Å². The molecule has 0 saturated carbocycles. The second-order valence-electron chi connectivity index (χ2n) is 5.16. The normalized spacial score (nSPS) is 14.8. The Kier molecular flexibility index (Phi) is 3.58. The smallest absolute Gasteiger partial charge is 0.263 e. The first kappa shape index (κ1) is 13.1. The minimum absolute atomic E-state index is 0.117. The third-order valence-corrected chi connectivity index (χ3v) is 5.36. The number of aromatic amines is 1. The Labute approximate surface area is 121 Å². The maximum atomic E-state index is 12.7. The van der Waals surface area contributed by atoms with Gasteiger partial charge in [-0.3, -0.25) is 9.36 Å². The van der Waals surface area contributed by atoms with Gasteiger partial charge in [0.05, 0.1) is 5.39 Å². The lowest BCUT2D eigenvalue weighted by Gasteiger charge is -2.10. The number of rotatable bonds is 3. The molecule has 1 N–H and O–H groups in total. The number of nitrogens with one attached hydrogen (secondary N) is 1. The van der Waals surface area contributed by atoms with Crippen molar-refractivity contribution in [3.63, 3.8) is 0 Å². The third-order valence-electron chi connectivity index (χ3n) is 3.83. The van der Waals surface area contributed by atoms with E-state index >= 15 is 0 Å². The van der Waals surface area contributed by atoms with Gasteiger partial charge in [-0.2, -0.15) is 0 Å². The van der Waals surface area contributed by atoms with Gasteiger partial charge >= 0.3 is 0 Å². The SMILES string of the molecule is CCCCn1c(=S)[nH]c2sc3c(c2c1=O)CCCC3. The number of thiophene rings is 1. The molecule has 2 aromatic rings. The first-order chi connectivity index (χ1) is 9.22. The predicted octanol–water partition coefficient (Wildman–Crippen LogP) is 3.80. The van der Waals surface area contributed by atoms with Crippen LogP contribution >= 0.6 is 23.6 Å². The van der Waals surface area contributed by atoms with Crippen LogP contribution in [0.4, 0.5) is 0 Å². The van der Waals surface area contributed by atoms with E-state index < -0.39 is 0 Å². The topological polar surface area (TPSA) is 37.8 Å². The third kappa shape index (κ3) is 2.19. The molecule has 0 unspecified atom stereocenters. The highest BCUT2D eigenvalue weighted by Crippen LogP contribution is 2.33. The summed E-state index contributed by atoms with van der Waals surface area (Å²) in [6.45, 7) is 2.86. The van der Waals surface area contributed by atoms with Gasteiger partial charge < -0.3 is 4.98 Å². The number of aryl methyl sites for hydroxylation is 2. The van der Waals surface area contributed by atoms with Crippen LogP contribution in [0.5, 0.6) is 0 Å². The van der Waals surface area contributed by atoms with E-state index in [1.54, 1.807) is 15.9 Å². The van der Waals surface area contributed by atoms with Crippen molar-refractivity contribution in [3.8, 4) is 0 Å². The van der Waals surface area contributed by atoms with Crippen molar-refractivity contribution in [1.82, 2.24) is 9.55 Å². The van der Waals surface area contributed by atoms with Crippen LogP contribution in [-0.2, 0) is 19.4 Å². The van der Waals surface area contributed by atoms with Crippen LogP contribution in [0, 0.1) is 4.77 Å². The number of nitrogens with zero attached hydrogens (tertiary/aromatic N) is 1. The standard InChI is InChI=1S/C14H18N2OS2/c1-2-3-8-16-13(17)11-9-6-4-5-7-10(9)19-12(11)15-14(16)18/h2-8H2,1H3,(H,15,18). The molecule has 0 fully saturated rings. The molecule has 5 heteroatoms. The molecule has 0 saturated heterocycles.